The third-order valence-corrected chi connectivity index (χ3v) is 7.58. The number of imidazole rings is 1. The van der Waals surface area contributed by atoms with Gasteiger partial charge in [-0.25, -0.2) is 13.4 Å². The van der Waals surface area contributed by atoms with Gasteiger partial charge in [0.25, 0.3) is 5.91 Å². The molecule has 7 heteroatoms. The number of rotatable bonds is 3. The molecule has 1 aliphatic carbocycles. The topological polar surface area (TPSA) is 71.8 Å². The van der Waals surface area contributed by atoms with E-state index in [1.807, 2.05) is 28.8 Å². The van der Waals surface area contributed by atoms with E-state index in [9.17, 15) is 13.2 Å². The summed E-state index contributed by atoms with van der Waals surface area (Å²) in [6, 6.07) is 5.54. The zero-order chi connectivity index (χ0) is 18.3. The average molecular weight is 375 g/mol. The molecule has 0 bridgehead atoms. The summed E-state index contributed by atoms with van der Waals surface area (Å²) in [5, 5.41) is 0. The summed E-state index contributed by atoms with van der Waals surface area (Å²) in [5.74, 6) is 1.38. The number of hydrogen-bond donors (Lipinski definition) is 0. The Bertz CT molecular complexity index is 929. The molecule has 26 heavy (non-hydrogen) atoms. The van der Waals surface area contributed by atoms with Gasteiger partial charge < -0.3 is 9.30 Å². The quantitative estimate of drug-likeness (QED) is 0.827. The Morgan fingerprint density at radius 1 is 1.19 bits per heavy atom. The molecule has 1 atom stereocenters. The maximum absolute atomic E-state index is 13.1. The first-order chi connectivity index (χ1) is 12.5. The predicted octanol–water partition coefficient (Wildman–Crippen LogP) is 2.64. The lowest BCUT2D eigenvalue weighted by molar-refractivity contribution is 0.0744. The van der Waals surface area contributed by atoms with Gasteiger partial charge >= 0.3 is 0 Å². The Morgan fingerprint density at radius 2 is 1.96 bits per heavy atom. The number of sulfone groups is 1. The van der Waals surface area contributed by atoms with Crippen LogP contribution in [0.15, 0.2) is 24.4 Å². The molecule has 1 saturated carbocycles. The van der Waals surface area contributed by atoms with Crippen LogP contribution in [0.25, 0.3) is 5.52 Å². The number of aromatic nitrogens is 2. The SMILES string of the molecule is CN(C(=O)c1nc(C2CCCCC2)n2ccccc12)C1CCS(=O)(=O)C1. The number of amides is 1. The molecule has 140 valence electrons. The number of pyridine rings is 1. The summed E-state index contributed by atoms with van der Waals surface area (Å²) in [6.45, 7) is 0. The normalized spacial score (nSPS) is 23.3. The number of fused-ring (bicyclic) bond motifs is 1. The first-order valence-electron chi connectivity index (χ1n) is 9.41. The highest BCUT2D eigenvalue weighted by molar-refractivity contribution is 7.91. The molecule has 1 amide bonds. The highest BCUT2D eigenvalue weighted by Crippen LogP contribution is 2.33. The molecule has 4 rings (SSSR count). The molecule has 2 aromatic rings. The van der Waals surface area contributed by atoms with Crippen LogP contribution in [0.5, 0.6) is 0 Å². The molecule has 0 aromatic carbocycles. The molecule has 1 aliphatic heterocycles. The highest BCUT2D eigenvalue weighted by atomic mass is 32.2. The van der Waals surface area contributed by atoms with Crippen molar-refractivity contribution in [1.29, 1.82) is 0 Å². The van der Waals surface area contributed by atoms with E-state index in [0.29, 0.717) is 18.0 Å². The summed E-state index contributed by atoms with van der Waals surface area (Å²) in [4.78, 5) is 19.4. The van der Waals surface area contributed by atoms with Crippen LogP contribution < -0.4 is 0 Å². The van der Waals surface area contributed by atoms with Crippen LogP contribution in [0.4, 0.5) is 0 Å². The van der Waals surface area contributed by atoms with Gasteiger partial charge in [-0.05, 0) is 31.4 Å². The molecule has 0 radical (unpaired) electrons. The fraction of sp³-hybridized carbons (Fsp3) is 0.579. The number of carbonyl (C=O) groups excluding carboxylic acids is 1. The number of hydrogen-bond acceptors (Lipinski definition) is 4. The molecular weight excluding hydrogens is 350 g/mol. The third kappa shape index (κ3) is 3.13. The maximum Gasteiger partial charge on any atom is 0.274 e. The Balaban J connectivity index is 1.68. The standard InChI is InChI=1S/C19H25N3O3S/c1-21(15-10-12-26(24,25)13-15)19(23)17-16-9-5-6-11-22(16)18(20-17)14-7-3-2-4-8-14/h5-6,9,11,14-15H,2-4,7-8,10,12-13H2,1H3. The predicted molar refractivity (Wildman–Crippen MR) is 100 cm³/mol. The Labute approximate surface area is 154 Å². The zero-order valence-corrected chi connectivity index (χ0v) is 15.9. The van der Waals surface area contributed by atoms with E-state index in [4.69, 9.17) is 4.98 Å². The molecule has 0 N–H and O–H groups in total. The van der Waals surface area contributed by atoms with Crippen LogP contribution in [-0.2, 0) is 9.84 Å². The van der Waals surface area contributed by atoms with E-state index in [-0.39, 0.29) is 23.5 Å². The van der Waals surface area contributed by atoms with Crippen molar-refractivity contribution in [1.82, 2.24) is 14.3 Å². The van der Waals surface area contributed by atoms with Gasteiger partial charge in [-0.3, -0.25) is 4.79 Å². The van der Waals surface area contributed by atoms with Crippen molar-refractivity contribution in [2.75, 3.05) is 18.6 Å². The summed E-state index contributed by atoms with van der Waals surface area (Å²) >= 11 is 0. The maximum atomic E-state index is 13.1. The zero-order valence-electron chi connectivity index (χ0n) is 15.1. The van der Waals surface area contributed by atoms with Crippen molar-refractivity contribution in [3.63, 3.8) is 0 Å². The van der Waals surface area contributed by atoms with Crippen LogP contribution >= 0.6 is 0 Å². The van der Waals surface area contributed by atoms with E-state index in [0.717, 1.165) is 24.2 Å². The number of nitrogens with zero attached hydrogens (tertiary/aromatic N) is 3. The van der Waals surface area contributed by atoms with Crippen molar-refractivity contribution >= 4 is 21.3 Å². The lowest BCUT2D eigenvalue weighted by Gasteiger charge is -2.22. The van der Waals surface area contributed by atoms with Crippen molar-refractivity contribution in [2.45, 2.75) is 50.5 Å². The Hall–Kier alpha value is -1.89. The first-order valence-corrected chi connectivity index (χ1v) is 11.2. The number of carbonyl (C=O) groups is 1. The molecular formula is C19H25N3O3S. The highest BCUT2D eigenvalue weighted by Gasteiger charge is 2.34. The van der Waals surface area contributed by atoms with Crippen molar-refractivity contribution in [3.05, 3.63) is 35.9 Å². The van der Waals surface area contributed by atoms with Gasteiger partial charge in [-0.2, -0.15) is 0 Å². The second kappa shape index (κ2) is 6.68. The summed E-state index contributed by atoms with van der Waals surface area (Å²) < 4.78 is 25.6. The van der Waals surface area contributed by atoms with Gasteiger partial charge in [-0.15, -0.1) is 0 Å². The lowest BCUT2D eigenvalue weighted by Crippen LogP contribution is -2.38. The van der Waals surface area contributed by atoms with Crippen LogP contribution in [-0.4, -0.2) is 53.2 Å². The van der Waals surface area contributed by atoms with E-state index in [1.54, 1.807) is 11.9 Å². The van der Waals surface area contributed by atoms with Crippen molar-refractivity contribution < 1.29 is 13.2 Å². The Morgan fingerprint density at radius 3 is 2.65 bits per heavy atom. The van der Waals surface area contributed by atoms with Crippen LogP contribution in [0, 0.1) is 0 Å². The molecule has 0 spiro atoms. The molecule has 2 aliphatic rings. The fourth-order valence-electron chi connectivity index (χ4n) is 4.28. The van der Waals surface area contributed by atoms with Crippen molar-refractivity contribution in [2.24, 2.45) is 0 Å². The summed E-state index contributed by atoms with van der Waals surface area (Å²) in [6.07, 6.45) is 8.38. The molecule has 1 unspecified atom stereocenters. The molecule has 1 saturated heterocycles. The van der Waals surface area contributed by atoms with E-state index in [2.05, 4.69) is 0 Å². The molecule has 6 nitrogen and oxygen atoms in total. The molecule has 2 fully saturated rings. The Kier molecular flexibility index (Phi) is 4.50. The van der Waals surface area contributed by atoms with Crippen LogP contribution in [0.3, 0.4) is 0 Å². The van der Waals surface area contributed by atoms with Crippen LogP contribution in [0.2, 0.25) is 0 Å². The molecule has 3 heterocycles. The smallest absolute Gasteiger partial charge is 0.274 e. The second-order valence-electron chi connectivity index (χ2n) is 7.58. The fourth-order valence-corrected chi connectivity index (χ4v) is 6.06. The van der Waals surface area contributed by atoms with E-state index in [1.165, 1.54) is 19.3 Å². The minimum Gasteiger partial charge on any atom is -0.336 e. The minimum absolute atomic E-state index is 0.0521. The van der Waals surface area contributed by atoms with Gasteiger partial charge in [0.15, 0.2) is 15.5 Å². The third-order valence-electron chi connectivity index (χ3n) is 5.83. The summed E-state index contributed by atoms with van der Waals surface area (Å²) in [5.41, 5.74) is 1.25. The second-order valence-corrected chi connectivity index (χ2v) is 9.81. The molecule has 2 aromatic heterocycles. The van der Waals surface area contributed by atoms with Gasteiger partial charge in [0.1, 0.15) is 5.82 Å². The van der Waals surface area contributed by atoms with Gasteiger partial charge in [0, 0.05) is 25.2 Å². The average Bonchev–Trinajstić information content (AvgIpc) is 3.21. The minimum atomic E-state index is -3.03. The first kappa shape index (κ1) is 17.5. The monoisotopic (exact) mass is 375 g/mol. The van der Waals surface area contributed by atoms with Gasteiger partial charge in [0.2, 0.25) is 0 Å². The lowest BCUT2D eigenvalue weighted by atomic mass is 9.89. The largest absolute Gasteiger partial charge is 0.336 e. The van der Waals surface area contributed by atoms with E-state index >= 15 is 0 Å². The van der Waals surface area contributed by atoms with Crippen LogP contribution in [0.1, 0.15) is 60.8 Å². The summed E-state index contributed by atoms with van der Waals surface area (Å²) in [7, 11) is -1.33. The van der Waals surface area contributed by atoms with E-state index < -0.39 is 9.84 Å². The van der Waals surface area contributed by atoms with Crippen molar-refractivity contribution in [3.8, 4) is 0 Å². The van der Waals surface area contributed by atoms with Gasteiger partial charge in [-0.1, -0.05) is 25.3 Å². The van der Waals surface area contributed by atoms with Gasteiger partial charge in [0.05, 0.1) is 17.0 Å².